The lowest BCUT2D eigenvalue weighted by molar-refractivity contribution is 0.204. The number of sulfonamides is 1. The summed E-state index contributed by atoms with van der Waals surface area (Å²) < 4.78 is 31.5. The van der Waals surface area contributed by atoms with Crippen LogP contribution in [0.1, 0.15) is 11.1 Å². The zero-order valence-corrected chi connectivity index (χ0v) is 18.5. The van der Waals surface area contributed by atoms with Crippen molar-refractivity contribution in [2.24, 2.45) is 10.7 Å². The third kappa shape index (κ3) is 7.83. The molecule has 7 nitrogen and oxygen atoms in total. The number of rotatable bonds is 8. The van der Waals surface area contributed by atoms with Gasteiger partial charge in [0.05, 0.1) is 18.0 Å². The molecule has 0 aliphatic rings. The summed E-state index contributed by atoms with van der Waals surface area (Å²) in [5, 5.41) is 3.03. The number of hydrogen-bond acceptors (Lipinski definition) is 4. The van der Waals surface area contributed by atoms with E-state index < -0.39 is 10.0 Å². The number of nitrogens with two attached hydrogens (primary N) is 1. The van der Waals surface area contributed by atoms with Gasteiger partial charge in [0.25, 0.3) is 0 Å². The Bertz CT molecular complexity index is 855. The van der Waals surface area contributed by atoms with E-state index in [2.05, 4.69) is 15.0 Å². The third-order valence-corrected chi connectivity index (χ3v) is 5.03. The quantitative estimate of drug-likeness (QED) is 0.222. The largest absolute Gasteiger partial charge is 0.383 e. The highest BCUT2D eigenvalue weighted by Gasteiger charge is 2.12. The molecule has 0 fully saturated rings. The Morgan fingerprint density at radius 3 is 2.52 bits per heavy atom. The molecule has 0 aliphatic heterocycles. The summed E-state index contributed by atoms with van der Waals surface area (Å²) in [4.78, 5) is 4.47. The standard InChI is InChI=1S/C18H24N4O3S.HI/c1-14-4-3-5-16(12-14)22-18(19)20-13-15-6-8-17(9-7-15)26(23,24)21-10-11-25-2;/h3-9,12,21H,10-11,13H2,1-2H3,(H3,19,20,22);1H. The SMILES string of the molecule is COCCNS(=O)(=O)c1ccc(CN=C(N)Nc2cccc(C)c2)cc1.I. The van der Waals surface area contributed by atoms with Crippen molar-refractivity contribution in [2.45, 2.75) is 18.4 Å². The van der Waals surface area contributed by atoms with Crippen molar-refractivity contribution in [1.82, 2.24) is 4.72 Å². The summed E-state index contributed by atoms with van der Waals surface area (Å²) in [5.41, 5.74) is 8.74. The molecule has 0 saturated carbocycles. The van der Waals surface area contributed by atoms with E-state index in [-0.39, 0.29) is 35.4 Å². The van der Waals surface area contributed by atoms with Gasteiger partial charge in [0, 0.05) is 19.3 Å². The van der Waals surface area contributed by atoms with Crippen LogP contribution >= 0.6 is 24.0 Å². The summed E-state index contributed by atoms with van der Waals surface area (Å²) in [6, 6.07) is 14.3. The van der Waals surface area contributed by atoms with E-state index in [1.54, 1.807) is 24.3 Å². The molecule has 27 heavy (non-hydrogen) atoms. The molecule has 0 aromatic heterocycles. The number of aryl methyl sites for hydroxylation is 1. The molecular formula is C18H25IN4O3S. The predicted molar refractivity (Wildman–Crippen MR) is 119 cm³/mol. The topological polar surface area (TPSA) is 106 Å². The van der Waals surface area contributed by atoms with E-state index in [4.69, 9.17) is 10.5 Å². The first kappa shape index (κ1) is 23.3. The Hall–Kier alpha value is -1.69. The maximum atomic E-state index is 12.1. The van der Waals surface area contributed by atoms with Crippen molar-refractivity contribution in [2.75, 3.05) is 25.6 Å². The molecule has 0 amide bonds. The van der Waals surface area contributed by atoms with Gasteiger partial charge in [0.15, 0.2) is 5.96 Å². The number of nitrogens with zero attached hydrogens (tertiary/aromatic N) is 1. The van der Waals surface area contributed by atoms with Gasteiger partial charge < -0.3 is 15.8 Å². The number of hydrogen-bond donors (Lipinski definition) is 3. The van der Waals surface area contributed by atoms with Crippen LogP contribution in [0.2, 0.25) is 0 Å². The number of benzene rings is 2. The second-order valence-corrected chi connectivity index (χ2v) is 7.50. The fourth-order valence-corrected chi connectivity index (χ4v) is 3.24. The second-order valence-electron chi connectivity index (χ2n) is 5.73. The number of aliphatic imine (C=N–C) groups is 1. The van der Waals surface area contributed by atoms with E-state index in [0.717, 1.165) is 16.8 Å². The van der Waals surface area contributed by atoms with Crippen LogP contribution in [0, 0.1) is 6.92 Å². The summed E-state index contributed by atoms with van der Waals surface area (Å²) in [7, 11) is -2.01. The van der Waals surface area contributed by atoms with Crippen LogP contribution in [-0.2, 0) is 21.3 Å². The first-order valence-corrected chi connectivity index (χ1v) is 9.60. The molecule has 2 aromatic carbocycles. The molecule has 0 atom stereocenters. The van der Waals surface area contributed by atoms with Crippen LogP contribution in [0.4, 0.5) is 5.69 Å². The van der Waals surface area contributed by atoms with Crippen molar-refractivity contribution in [3.8, 4) is 0 Å². The minimum absolute atomic E-state index is 0. The molecule has 2 rings (SSSR count). The number of ether oxygens (including phenoxy) is 1. The van der Waals surface area contributed by atoms with Crippen molar-refractivity contribution in [3.05, 3.63) is 59.7 Å². The molecule has 0 aliphatic carbocycles. The van der Waals surface area contributed by atoms with Gasteiger partial charge in [0.2, 0.25) is 10.0 Å². The van der Waals surface area contributed by atoms with Gasteiger partial charge in [0.1, 0.15) is 0 Å². The van der Waals surface area contributed by atoms with Crippen LogP contribution < -0.4 is 15.8 Å². The fraction of sp³-hybridized carbons (Fsp3) is 0.278. The lowest BCUT2D eigenvalue weighted by Gasteiger charge is -2.08. The Morgan fingerprint density at radius 2 is 1.89 bits per heavy atom. The number of halogens is 1. The number of nitrogens with one attached hydrogen (secondary N) is 2. The molecule has 0 saturated heterocycles. The highest BCUT2D eigenvalue weighted by Crippen LogP contribution is 2.12. The first-order chi connectivity index (χ1) is 12.4. The summed E-state index contributed by atoms with van der Waals surface area (Å²) >= 11 is 0. The molecule has 0 bridgehead atoms. The van der Waals surface area contributed by atoms with Gasteiger partial charge in [-0.05, 0) is 42.3 Å². The molecule has 9 heteroatoms. The average molecular weight is 504 g/mol. The van der Waals surface area contributed by atoms with Gasteiger partial charge in [-0.1, -0.05) is 24.3 Å². The highest BCUT2D eigenvalue weighted by molar-refractivity contribution is 14.0. The maximum Gasteiger partial charge on any atom is 0.240 e. The van der Waals surface area contributed by atoms with Crippen molar-refractivity contribution < 1.29 is 13.2 Å². The molecule has 148 valence electrons. The lowest BCUT2D eigenvalue weighted by Crippen LogP contribution is -2.27. The normalized spacial score (nSPS) is 11.7. The van der Waals surface area contributed by atoms with E-state index in [9.17, 15) is 8.42 Å². The van der Waals surface area contributed by atoms with Gasteiger partial charge in [-0.3, -0.25) is 0 Å². The van der Waals surface area contributed by atoms with Crippen LogP contribution in [-0.4, -0.2) is 34.6 Å². The Labute approximate surface area is 177 Å². The Kier molecular flexibility index (Phi) is 9.70. The summed E-state index contributed by atoms with van der Waals surface area (Å²) in [6.07, 6.45) is 0. The lowest BCUT2D eigenvalue weighted by atomic mass is 10.2. The van der Waals surface area contributed by atoms with Gasteiger partial charge in [-0.2, -0.15) is 0 Å². The van der Waals surface area contributed by atoms with E-state index in [1.165, 1.54) is 7.11 Å². The van der Waals surface area contributed by atoms with Crippen LogP contribution in [0.3, 0.4) is 0 Å². The zero-order chi connectivity index (χ0) is 19.0. The smallest absolute Gasteiger partial charge is 0.240 e. The van der Waals surface area contributed by atoms with Crippen LogP contribution in [0.15, 0.2) is 58.4 Å². The molecule has 2 aromatic rings. The van der Waals surface area contributed by atoms with Gasteiger partial charge >= 0.3 is 0 Å². The summed E-state index contributed by atoms with van der Waals surface area (Å²) in [6.45, 7) is 2.89. The third-order valence-electron chi connectivity index (χ3n) is 3.55. The Balaban J connectivity index is 0.00000364. The minimum Gasteiger partial charge on any atom is -0.383 e. The zero-order valence-electron chi connectivity index (χ0n) is 15.3. The molecule has 0 heterocycles. The number of methoxy groups -OCH3 is 1. The number of anilines is 1. The van der Waals surface area contributed by atoms with Crippen LogP contribution in [0.25, 0.3) is 0 Å². The highest BCUT2D eigenvalue weighted by atomic mass is 127. The molecule has 0 radical (unpaired) electrons. The van der Waals surface area contributed by atoms with E-state index in [0.29, 0.717) is 19.1 Å². The predicted octanol–water partition coefficient (Wildman–Crippen LogP) is 2.46. The van der Waals surface area contributed by atoms with Crippen molar-refractivity contribution in [1.29, 1.82) is 0 Å². The van der Waals surface area contributed by atoms with E-state index in [1.807, 2.05) is 31.2 Å². The Morgan fingerprint density at radius 1 is 1.19 bits per heavy atom. The summed E-state index contributed by atoms with van der Waals surface area (Å²) in [5.74, 6) is 0.300. The van der Waals surface area contributed by atoms with Gasteiger partial charge in [-0.15, -0.1) is 24.0 Å². The van der Waals surface area contributed by atoms with Crippen molar-refractivity contribution in [3.63, 3.8) is 0 Å². The molecule has 0 spiro atoms. The minimum atomic E-state index is -3.53. The van der Waals surface area contributed by atoms with Crippen LogP contribution in [0.5, 0.6) is 0 Å². The monoisotopic (exact) mass is 504 g/mol. The molecule has 0 unspecified atom stereocenters. The van der Waals surface area contributed by atoms with E-state index >= 15 is 0 Å². The van der Waals surface area contributed by atoms with Gasteiger partial charge in [-0.25, -0.2) is 18.1 Å². The second kappa shape index (κ2) is 11.2. The molecule has 4 N–H and O–H groups in total. The average Bonchev–Trinajstić information content (AvgIpc) is 2.60. The van der Waals surface area contributed by atoms with Crippen molar-refractivity contribution >= 4 is 45.6 Å². The maximum absolute atomic E-state index is 12.1. The fourth-order valence-electron chi connectivity index (χ4n) is 2.22. The molecular weight excluding hydrogens is 479 g/mol. The first-order valence-electron chi connectivity index (χ1n) is 8.12. The number of guanidine groups is 1.